The summed E-state index contributed by atoms with van der Waals surface area (Å²) in [6.45, 7) is 4.33. The van der Waals surface area contributed by atoms with Gasteiger partial charge in [-0.05, 0) is 58.7 Å². The van der Waals surface area contributed by atoms with E-state index in [-0.39, 0.29) is 0 Å². The largest absolute Gasteiger partial charge is 0.135 e. The van der Waals surface area contributed by atoms with Crippen molar-refractivity contribution in [2.45, 2.75) is 13.8 Å². The van der Waals surface area contributed by atoms with Crippen LogP contribution in [-0.4, -0.2) is 0 Å². The van der Waals surface area contributed by atoms with Crippen LogP contribution in [0, 0.1) is 13.8 Å². The van der Waals surface area contributed by atoms with Crippen LogP contribution in [0.5, 0.6) is 0 Å². The molecule has 0 aliphatic rings. The van der Waals surface area contributed by atoms with Crippen molar-refractivity contribution in [3.63, 3.8) is 0 Å². The maximum Gasteiger partial charge on any atom is 0.0433 e. The van der Waals surface area contributed by atoms with E-state index in [2.05, 4.69) is 111 Å². The highest BCUT2D eigenvalue weighted by Crippen LogP contribution is 2.42. The molecule has 2 heteroatoms. The standard InChI is InChI=1S/C34H22S2/c1-19-3-9-25-23(15-19)7-13-29-27-11-5-21(17-31(27)35-33(25)29)22-6-12-28-30-14-8-24-16-20(2)4-10-26(24)34(30)36-32(28)18-22/h3-18H,1-2H3. The summed E-state index contributed by atoms with van der Waals surface area (Å²) in [6, 6.07) is 36.7. The topological polar surface area (TPSA) is 0 Å². The van der Waals surface area contributed by atoms with E-state index in [9.17, 15) is 0 Å². The summed E-state index contributed by atoms with van der Waals surface area (Å²) in [4.78, 5) is 0. The highest BCUT2D eigenvalue weighted by atomic mass is 32.1. The van der Waals surface area contributed by atoms with E-state index >= 15 is 0 Å². The zero-order chi connectivity index (χ0) is 24.0. The molecule has 0 aliphatic heterocycles. The van der Waals surface area contributed by atoms with Crippen LogP contribution < -0.4 is 0 Å². The number of fused-ring (bicyclic) bond motifs is 10. The SMILES string of the molecule is Cc1ccc2c(ccc3c4ccc(-c5ccc6c(c5)sc5c7ccc(C)cc7ccc65)cc4sc23)c1. The van der Waals surface area contributed by atoms with Crippen LogP contribution in [-0.2, 0) is 0 Å². The molecule has 0 atom stereocenters. The van der Waals surface area contributed by atoms with Crippen molar-refractivity contribution in [2.24, 2.45) is 0 Å². The monoisotopic (exact) mass is 494 g/mol. The highest BCUT2D eigenvalue weighted by molar-refractivity contribution is 7.27. The molecule has 2 aromatic heterocycles. The first-order valence-electron chi connectivity index (χ1n) is 12.3. The molecule has 36 heavy (non-hydrogen) atoms. The molecule has 6 aromatic carbocycles. The third kappa shape index (κ3) is 2.92. The van der Waals surface area contributed by atoms with Crippen LogP contribution in [0.4, 0.5) is 0 Å². The minimum absolute atomic E-state index is 1.29. The molecule has 0 radical (unpaired) electrons. The van der Waals surface area contributed by atoms with Gasteiger partial charge in [-0.3, -0.25) is 0 Å². The predicted octanol–water partition coefficient (Wildman–Crippen LogP) is 11.0. The zero-order valence-electron chi connectivity index (χ0n) is 20.1. The van der Waals surface area contributed by atoms with Gasteiger partial charge in [0.1, 0.15) is 0 Å². The van der Waals surface area contributed by atoms with Gasteiger partial charge in [0.25, 0.3) is 0 Å². The fourth-order valence-electron chi connectivity index (χ4n) is 5.72. The fourth-order valence-corrected chi connectivity index (χ4v) is 8.28. The quantitative estimate of drug-likeness (QED) is 0.213. The maximum atomic E-state index is 2.38. The average molecular weight is 495 g/mol. The van der Waals surface area contributed by atoms with Crippen molar-refractivity contribution in [3.8, 4) is 11.1 Å². The lowest BCUT2D eigenvalue weighted by atomic mass is 10.0. The predicted molar refractivity (Wildman–Crippen MR) is 162 cm³/mol. The number of aryl methyl sites for hydroxylation is 2. The Morgan fingerprint density at radius 3 is 1.28 bits per heavy atom. The number of benzene rings is 6. The zero-order valence-corrected chi connectivity index (χ0v) is 21.7. The highest BCUT2D eigenvalue weighted by Gasteiger charge is 2.12. The molecule has 0 spiro atoms. The Morgan fingerprint density at radius 2 is 0.806 bits per heavy atom. The smallest absolute Gasteiger partial charge is 0.0433 e. The van der Waals surface area contributed by atoms with Gasteiger partial charge in [0.05, 0.1) is 0 Å². The van der Waals surface area contributed by atoms with E-state index in [1.807, 2.05) is 22.7 Å². The van der Waals surface area contributed by atoms with Crippen molar-refractivity contribution in [2.75, 3.05) is 0 Å². The Kier molecular flexibility index (Phi) is 4.20. The molecule has 0 amide bonds. The van der Waals surface area contributed by atoms with E-state index < -0.39 is 0 Å². The molecule has 0 aliphatic carbocycles. The fraction of sp³-hybridized carbons (Fsp3) is 0.0588. The molecule has 0 fully saturated rings. The molecule has 8 rings (SSSR count). The van der Waals surface area contributed by atoms with E-state index in [1.54, 1.807) is 0 Å². The molecule has 2 heterocycles. The summed E-state index contributed by atoms with van der Waals surface area (Å²) in [7, 11) is 0. The van der Waals surface area contributed by atoms with Gasteiger partial charge in [0, 0.05) is 40.3 Å². The normalized spacial score (nSPS) is 12.2. The van der Waals surface area contributed by atoms with Crippen molar-refractivity contribution in [1.29, 1.82) is 0 Å². The lowest BCUT2D eigenvalue weighted by Crippen LogP contribution is -1.78. The van der Waals surface area contributed by atoms with E-state index in [1.165, 1.54) is 84.1 Å². The first kappa shape index (κ1) is 20.5. The number of thiophene rings is 2. The lowest BCUT2D eigenvalue weighted by molar-refractivity contribution is 1.51. The van der Waals surface area contributed by atoms with Gasteiger partial charge in [-0.2, -0.15) is 0 Å². The summed E-state index contributed by atoms with van der Waals surface area (Å²) < 4.78 is 5.49. The third-order valence-corrected chi connectivity index (χ3v) is 9.96. The Bertz CT molecular complexity index is 2010. The average Bonchev–Trinajstić information content (AvgIpc) is 3.45. The van der Waals surface area contributed by atoms with Crippen molar-refractivity contribution < 1.29 is 0 Å². The summed E-state index contributed by atoms with van der Waals surface area (Å²) in [5.41, 5.74) is 5.19. The van der Waals surface area contributed by atoms with Gasteiger partial charge in [-0.25, -0.2) is 0 Å². The van der Waals surface area contributed by atoms with Crippen LogP contribution in [0.1, 0.15) is 11.1 Å². The first-order valence-corrected chi connectivity index (χ1v) is 14.0. The Labute approximate surface area is 217 Å². The van der Waals surface area contributed by atoms with Crippen LogP contribution in [0.25, 0.3) is 73.0 Å². The maximum absolute atomic E-state index is 2.38. The summed E-state index contributed by atoms with van der Waals surface area (Å²) in [6.07, 6.45) is 0. The van der Waals surface area contributed by atoms with Crippen LogP contribution in [0.2, 0.25) is 0 Å². The molecular weight excluding hydrogens is 473 g/mol. The molecule has 0 N–H and O–H groups in total. The molecule has 0 nitrogen and oxygen atoms in total. The molecular formula is C34H22S2. The van der Waals surface area contributed by atoms with Crippen LogP contribution >= 0.6 is 22.7 Å². The molecule has 0 unspecified atom stereocenters. The van der Waals surface area contributed by atoms with Gasteiger partial charge in [0.15, 0.2) is 0 Å². The molecule has 0 bridgehead atoms. The van der Waals surface area contributed by atoms with Gasteiger partial charge in [0.2, 0.25) is 0 Å². The summed E-state index contributed by atoms with van der Waals surface area (Å²) in [5.74, 6) is 0. The van der Waals surface area contributed by atoms with Gasteiger partial charge < -0.3 is 0 Å². The van der Waals surface area contributed by atoms with Crippen LogP contribution in [0.3, 0.4) is 0 Å². The van der Waals surface area contributed by atoms with Crippen LogP contribution in [0.15, 0.2) is 97.1 Å². The second-order valence-electron chi connectivity index (χ2n) is 9.96. The van der Waals surface area contributed by atoms with E-state index in [0.29, 0.717) is 0 Å². The Balaban J connectivity index is 1.31. The van der Waals surface area contributed by atoms with Crippen molar-refractivity contribution >= 4 is 84.6 Å². The van der Waals surface area contributed by atoms with Gasteiger partial charge >= 0.3 is 0 Å². The van der Waals surface area contributed by atoms with Crippen molar-refractivity contribution in [1.82, 2.24) is 0 Å². The van der Waals surface area contributed by atoms with Gasteiger partial charge in [-0.1, -0.05) is 96.1 Å². The number of hydrogen-bond donors (Lipinski definition) is 0. The number of rotatable bonds is 1. The first-order chi connectivity index (χ1) is 17.6. The molecule has 170 valence electrons. The minimum Gasteiger partial charge on any atom is -0.135 e. The summed E-state index contributed by atoms with van der Waals surface area (Å²) in [5, 5.41) is 10.8. The second kappa shape index (κ2) is 7.39. The number of hydrogen-bond acceptors (Lipinski definition) is 2. The van der Waals surface area contributed by atoms with Gasteiger partial charge in [-0.15, -0.1) is 22.7 Å². The third-order valence-electron chi connectivity index (χ3n) is 7.55. The van der Waals surface area contributed by atoms with E-state index in [4.69, 9.17) is 0 Å². The minimum atomic E-state index is 1.29. The molecule has 0 saturated heterocycles. The molecule has 0 saturated carbocycles. The molecule has 8 aromatic rings. The van der Waals surface area contributed by atoms with E-state index in [0.717, 1.165) is 0 Å². The van der Waals surface area contributed by atoms with Crippen molar-refractivity contribution in [3.05, 3.63) is 108 Å². The Hall–Kier alpha value is -3.72. The lowest BCUT2D eigenvalue weighted by Gasteiger charge is -2.03. The Morgan fingerprint density at radius 1 is 0.389 bits per heavy atom. The summed E-state index contributed by atoms with van der Waals surface area (Å²) >= 11 is 3.84. The second-order valence-corrected chi connectivity index (χ2v) is 12.1.